The average Bonchev–Trinajstić information content (AvgIpc) is 3.01. The molecule has 1 heterocycles. The number of carboxylic acid groups (broad SMARTS) is 1. The number of amides is 2. The van der Waals surface area contributed by atoms with Crippen LogP contribution in [0.2, 0.25) is 0 Å². The number of nitrogens with zero attached hydrogens (tertiary/aromatic N) is 2. The third-order valence-electron chi connectivity index (χ3n) is 3.18. The zero-order valence-corrected chi connectivity index (χ0v) is 14.7. The molecule has 0 saturated heterocycles. The van der Waals surface area contributed by atoms with Gasteiger partial charge in [-0.2, -0.15) is 9.36 Å². The van der Waals surface area contributed by atoms with Gasteiger partial charge in [-0.15, -0.1) is 0 Å². The lowest BCUT2D eigenvalue weighted by atomic mass is 10.0. The fraction of sp³-hybridized carbons (Fsp3) is 0.333. The highest BCUT2D eigenvalue weighted by atomic mass is 32.2. The molecule has 0 spiro atoms. The van der Waals surface area contributed by atoms with E-state index in [0.29, 0.717) is 23.1 Å². The molecule has 1 aromatic carbocycles. The summed E-state index contributed by atoms with van der Waals surface area (Å²) in [4.78, 5) is 27.1. The van der Waals surface area contributed by atoms with Gasteiger partial charge < -0.3 is 10.4 Å². The largest absolute Gasteiger partial charge is 0.481 e. The van der Waals surface area contributed by atoms with Gasteiger partial charge in [0.1, 0.15) is 0 Å². The van der Waals surface area contributed by atoms with Crippen LogP contribution in [0.3, 0.4) is 0 Å². The highest BCUT2D eigenvalue weighted by Crippen LogP contribution is 2.17. The van der Waals surface area contributed by atoms with Crippen LogP contribution in [-0.4, -0.2) is 38.8 Å². The summed E-state index contributed by atoms with van der Waals surface area (Å²) in [6, 6.07) is 8.94. The lowest BCUT2D eigenvalue weighted by molar-refractivity contribution is -0.137. The molecule has 0 saturated carbocycles. The first-order chi connectivity index (χ1) is 11.6. The Kier molecular flexibility index (Phi) is 7.01. The summed E-state index contributed by atoms with van der Waals surface area (Å²) in [6.07, 6.45) is 2.76. The Morgan fingerprint density at radius 2 is 2.08 bits per heavy atom. The van der Waals surface area contributed by atoms with Gasteiger partial charge in [0.2, 0.25) is 10.3 Å². The molecular formula is C15H18N4O3S2. The van der Waals surface area contributed by atoms with Gasteiger partial charge in [-0.05, 0) is 24.7 Å². The summed E-state index contributed by atoms with van der Waals surface area (Å²) in [5, 5.41) is 15.3. The Balaban J connectivity index is 1.95. The number of carbonyl (C=O) groups is 2. The quantitative estimate of drug-likeness (QED) is 0.621. The molecule has 0 fully saturated rings. The molecule has 1 aromatic heterocycles. The van der Waals surface area contributed by atoms with Crippen LogP contribution in [0.1, 0.15) is 18.4 Å². The predicted octanol–water partition coefficient (Wildman–Crippen LogP) is 2.86. The van der Waals surface area contributed by atoms with Crippen molar-refractivity contribution in [1.82, 2.24) is 14.7 Å². The van der Waals surface area contributed by atoms with E-state index in [1.807, 2.05) is 36.6 Å². The zero-order chi connectivity index (χ0) is 17.4. The van der Waals surface area contributed by atoms with E-state index in [2.05, 4.69) is 20.0 Å². The molecule has 2 aromatic rings. The maximum atomic E-state index is 12.1. The molecule has 9 heteroatoms. The fourth-order valence-electron chi connectivity index (χ4n) is 2.08. The Morgan fingerprint density at radius 3 is 2.71 bits per heavy atom. The van der Waals surface area contributed by atoms with Gasteiger partial charge in [-0.1, -0.05) is 42.1 Å². The number of anilines is 1. The van der Waals surface area contributed by atoms with Crippen LogP contribution in [0, 0.1) is 0 Å². The SMILES string of the molecule is CSc1nsc(NC(=O)NC(CCC(=O)O)Cc2ccccc2)n1. The Bertz CT molecular complexity index is 678. The molecule has 7 nitrogen and oxygen atoms in total. The first-order valence-electron chi connectivity index (χ1n) is 7.27. The number of thioether (sulfide) groups is 1. The van der Waals surface area contributed by atoms with Gasteiger partial charge in [0.15, 0.2) is 0 Å². The lowest BCUT2D eigenvalue weighted by Gasteiger charge is -2.18. The molecule has 3 N–H and O–H groups in total. The number of benzene rings is 1. The van der Waals surface area contributed by atoms with Crippen LogP contribution in [-0.2, 0) is 11.2 Å². The van der Waals surface area contributed by atoms with Crippen molar-refractivity contribution in [3.63, 3.8) is 0 Å². The van der Waals surface area contributed by atoms with Crippen LogP contribution in [0.25, 0.3) is 0 Å². The highest BCUT2D eigenvalue weighted by Gasteiger charge is 2.16. The van der Waals surface area contributed by atoms with Gasteiger partial charge in [0, 0.05) is 24.0 Å². The number of rotatable bonds is 8. The van der Waals surface area contributed by atoms with Crippen molar-refractivity contribution in [3.05, 3.63) is 35.9 Å². The van der Waals surface area contributed by atoms with E-state index in [1.54, 1.807) is 0 Å². The molecule has 0 aliphatic rings. The maximum Gasteiger partial charge on any atom is 0.321 e. The van der Waals surface area contributed by atoms with Gasteiger partial charge in [0.25, 0.3) is 0 Å². The molecule has 128 valence electrons. The molecule has 0 aliphatic carbocycles. The van der Waals surface area contributed by atoms with E-state index in [1.165, 1.54) is 11.8 Å². The minimum absolute atomic E-state index is 0.00674. The molecule has 0 radical (unpaired) electrons. The van der Waals surface area contributed by atoms with Crippen molar-refractivity contribution in [2.75, 3.05) is 11.6 Å². The summed E-state index contributed by atoms with van der Waals surface area (Å²) in [7, 11) is 0. The van der Waals surface area contributed by atoms with Crippen LogP contribution < -0.4 is 10.6 Å². The number of hydrogen-bond acceptors (Lipinski definition) is 6. The Labute approximate surface area is 148 Å². The molecule has 2 amide bonds. The number of carbonyl (C=O) groups excluding carboxylic acids is 1. The summed E-state index contributed by atoms with van der Waals surface area (Å²) in [5.41, 5.74) is 1.04. The first kappa shape index (κ1) is 18.2. The van der Waals surface area contributed by atoms with E-state index in [0.717, 1.165) is 17.1 Å². The van der Waals surface area contributed by atoms with Crippen LogP contribution in [0.15, 0.2) is 35.5 Å². The van der Waals surface area contributed by atoms with E-state index < -0.39 is 12.0 Å². The smallest absolute Gasteiger partial charge is 0.321 e. The molecule has 24 heavy (non-hydrogen) atoms. The predicted molar refractivity (Wildman–Crippen MR) is 94.6 cm³/mol. The summed E-state index contributed by atoms with van der Waals surface area (Å²) >= 11 is 2.50. The highest BCUT2D eigenvalue weighted by molar-refractivity contribution is 7.98. The Hall–Kier alpha value is -2.13. The number of carboxylic acids is 1. The molecular weight excluding hydrogens is 348 g/mol. The number of nitrogens with one attached hydrogen (secondary N) is 2. The number of urea groups is 1. The van der Waals surface area contributed by atoms with Gasteiger partial charge in [-0.3, -0.25) is 10.1 Å². The first-order valence-corrected chi connectivity index (χ1v) is 9.27. The van der Waals surface area contributed by atoms with E-state index >= 15 is 0 Å². The van der Waals surface area contributed by atoms with Crippen molar-refractivity contribution >= 4 is 40.4 Å². The third-order valence-corrected chi connectivity index (χ3v) is 4.47. The Morgan fingerprint density at radius 1 is 1.33 bits per heavy atom. The molecule has 2 rings (SSSR count). The van der Waals surface area contributed by atoms with E-state index in [9.17, 15) is 9.59 Å². The minimum Gasteiger partial charge on any atom is -0.481 e. The number of hydrogen-bond donors (Lipinski definition) is 3. The zero-order valence-electron chi connectivity index (χ0n) is 13.1. The van der Waals surface area contributed by atoms with Crippen molar-refractivity contribution < 1.29 is 14.7 Å². The number of aliphatic carboxylic acids is 1. The standard InChI is InChI=1S/C15H18N4O3S2/c1-23-15-18-14(24-19-15)17-13(22)16-11(7-8-12(20)21)9-10-5-3-2-4-6-10/h2-6,11H,7-9H2,1H3,(H,20,21)(H2,16,17,18,19,22). The minimum atomic E-state index is -0.885. The average molecular weight is 366 g/mol. The van der Waals surface area contributed by atoms with Crippen molar-refractivity contribution in [1.29, 1.82) is 0 Å². The van der Waals surface area contributed by atoms with Gasteiger partial charge in [0.05, 0.1) is 0 Å². The molecule has 0 bridgehead atoms. The van der Waals surface area contributed by atoms with Crippen LogP contribution >= 0.6 is 23.3 Å². The van der Waals surface area contributed by atoms with Crippen molar-refractivity contribution in [2.24, 2.45) is 0 Å². The molecule has 1 unspecified atom stereocenters. The van der Waals surface area contributed by atoms with E-state index in [-0.39, 0.29) is 12.5 Å². The number of aromatic nitrogens is 2. The lowest BCUT2D eigenvalue weighted by Crippen LogP contribution is -2.39. The topological polar surface area (TPSA) is 104 Å². The van der Waals surface area contributed by atoms with Crippen LogP contribution in [0.4, 0.5) is 9.93 Å². The summed E-state index contributed by atoms with van der Waals surface area (Å²) < 4.78 is 4.07. The fourth-order valence-corrected chi connectivity index (χ4v) is 3.21. The molecule has 0 aliphatic heterocycles. The second-order valence-corrected chi connectivity index (χ2v) is 6.53. The molecule has 1 atom stereocenters. The second-order valence-electron chi connectivity index (χ2n) is 5.00. The van der Waals surface area contributed by atoms with E-state index in [4.69, 9.17) is 5.11 Å². The van der Waals surface area contributed by atoms with Gasteiger partial charge >= 0.3 is 12.0 Å². The second kappa shape index (κ2) is 9.24. The summed E-state index contributed by atoms with van der Waals surface area (Å²) in [6.45, 7) is 0. The van der Waals surface area contributed by atoms with Gasteiger partial charge in [-0.25, -0.2) is 4.79 Å². The normalized spacial score (nSPS) is 11.7. The maximum absolute atomic E-state index is 12.1. The van der Waals surface area contributed by atoms with Crippen molar-refractivity contribution in [3.8, 4) is 0 Å². The third kappa shape index (κ3) is 6.17. The summed E-state index contributed by atoms with van der Waals surface area (Å²) in [5.74, 6) is -0.885. The van der Waals surface area contributed by atoms with Crippen molar-refractivity contribution in [2.45, 2.75) is 30.5 Å². The van der Waals surface area contributed by atoms with Crippen LogP contribution in [0.5, 0.6) is 0 Å². The monoisotopic (exact) mass is 366 g/mol.